The van der Waals surface area contributed by atoms with Crippen LogP contribution in [-0.2, 0) is 6.18 Å². The molecule has 0 aromatic heterocycles. The van der Waals surface area contributed by atoms with Crippen LogP contribution >= 0.6 is 15.9 Å². The lowest BCUT2D eigenvalue weighted by Gasteiger charge is -2.10. The molecule has 98 valence electrons. The van der Waals surface area contributed by atoms with Gasteiger partial charge in [-0.2, -0.15) is 13.2 Å². The van der Waals surface area contributed by atoms with Gasteiger partial charge in [0.25, 0.3) is 0 Å². The summed E-state index contributed by atoms with van der Waals surface area (Å²) >= 11 is 2.86. The van der Waals surface area contributed by atoms with Crippen molar-refractivity contribution in [2.75, 3.05) is 0 Å². The number of benzene rings is 1. The fourth-order valence-corrected chi connectivity index (χ4v) is 2.27. The average Bonchev–Trinajstić information content (AvgIpc) is 3.08. The Hall–Kier alpha value is -0.840. The molecule has 1 fully saturated rings. The van der Waals surface area contributed by atoms with Crippen LogP contribution in [0.25, 0.3) is 0 Å². The molecule has 0 bridgehead atoms. The number of Topliss-reactive ketones (excluding diaryl/α,β-unsaturated/α-hetero) is 1. The molecule has 1 saturated carbocycles. The topological polar surface area (TPSA) is 17.1 Å². The van der Waals surface area contributed by atoms with Crippen molar-refractivity contribution in [2.45, 2.75) is 31.9 Å². The lowest BCUT2D eigenvalue weighted by molar-refractivity contribution is -0.138. The average molecular weight is 321 g/mol. The van der Waals surface area contributed by atoms with Crippen LogP contribution in [0.2, 0.25) is 0 Å². The van der Waals surface area contributed by atoms with Gasteiger partial charge in [-0.05, 0) is 24.5 Å². The Bertz CT molecular complexity index is 464. The van der Waals surface area contributed by atoms with Crippen molar-refractivity contribution in [2.24, 2.45) is 5.92 Å². The lowest BCUT2D eigenvalue weighted by atomic mass is 10.0. The van der Waals surface area contributed by atoms with Gasteiger partial charge in [-0.25, -0.2) is 0 Å². The summed E-state index contributed by atoms with van der Waals surface area (Å²) in [5.74, 6) is 0.395. The van der Waals surface area contributed by atoms with Crippen LogP contribution in [0.5, 0.6) is 0 Å². The Morgan fingerprint density at radius 2 is 2.00 bits per heavy atom. The Morgan fingerprint density at radius 1 is 1.33 bits per heavy atom. The van der Waals surface area contributed by atoms with Crippen LogP contribution in [0.15, 0.2) is 22.7 Å². The van der Waals surface area contributed by atoms with Crippen LogP contribution in [-0.4, -0.2) is 5.78 Å². The molecule has 5 heteroatoms. The molecule has 0 heterocycles. The Balaban J connectivity index is 2.14. The third kappa shape index (κ3) is 3.34. The van der Waals surface area contributed by atoms with Crippen LogP contribution in [0.1, 0.15) is 41.6 Å². The summed E-state index contributed by atoms with van der Waals surface area (Å²) in [6.45, 7) is 0. The van der Waals surface area contributed by atoms with Crippen molar-refractivity contribution >= 4 is 21.7 Å². The predicted octanol–water partition coefficient (Wildman–Crippen LogP) is 4.84. The Morgan fingerprint density at radius 3 is 2.56 bits per heavy atom. The van der Waals surface area contributed by atoms with Crippen molar-refractivity contribution in [3.63, 3.8) is 0 Å². The highest BCUT2D eigenvalue weighted by Gasteiger charge is 2.33. The van der Waals surface area contributed by atoms with Crippen molar-refractivity contribution in [1.82, 2.24) is 0 Å². The van der Waals surface area contributed by atoms with E-state index in [1.807, 2.05) is 0 Å². The number of carbonyl (C=O) groups excluding carboxylic acids is 1. The molecule has 0 saturated heterocycles. The summed E-state index contributed by atoms with van der Waals surface area (Å²) in [5.41, 5.74) is -0.647. The first-order valence-electron chi connectivity index (χ1n) is 5.78. The second-order valence-electron chi connectivity index (χ2n) is 4.60. The SMILES string of the molecule is O=C(CCC1CC1)c1ccc(Br)c(C(F)(F)F)c1. The summed E-state index contributed by atoms with van der Waals surface area (Å²) in [4.78, 5) is 11.8. The second kappa shape index (κ2) is 5.03. The molecule has 2 rings (SSSR count). The van der Waals surface area contributed by atoms with E-state index in [1.54, 1.807) is 0 Å². The number of rotatable bonds is 4. The molecule has 1 aromatic carbocycles. The highest BCUT2D eigenvalue weighted by molar-refractivity contribution is 9.10. The van der Waals surface area contributed by atoms with E-state index in [-0.39, 0.29) is 15.8 Å². The molecular weight excluding hydrogens is 309 g/mol. The van der Waals surface area contributed by atoms with Gasteiger partial charge in [-0.1, -0.05) is 34.8 Å². The summed E-state index contributed by atoms with van der Waals surface area (Å²) in [6, 6.07) is 3.65. The van der Waals surface area contributed by atoms with E-state index in [0.717, 1.165) is 25.3 Å². The molecular formula is C13H12BrF3O. The van der Waals surface area contributed by atoms with E-state index in [0.29, 0.717) is 12.3 Å². The number of carbonyl (C=O) groups is 1. The predicted molar refractivity (Wildman–Crippen MR) is 65.4 cm³/mol. The van der Waals surface area contributed by atoms with Crippen molar-refractivity contribution < 1.29 is 18.0 Å². The normalized spacial score (nSPS) is 15.8. The quantitative estimate of drug-likeness (QED) is 0.725. The summed E-state index contributed by atoms with van der Waals surface area (Å²) in [6.07, 6.45) is -1.03. The fourth-order valence-electron chi connectivity index (χ4n) is 1.80. The summed E-state index contributed by atoms with van der Waals surface area (Å²) in [7, 11) is 0. The lowest BCUT2D eigenvalue weighted by Crippen LogP contribution is -2.09. The minimum absolute atomic E-state index is 0.0336. The second-order valence-corrected chi connectivity index (χ2v) is 5.45. The first kappa shape index (κ1) is 13.6. The standard InChI is InChI=1S/C13H12BrF3O/c14-11-5-4-9(7-10(11)13(15,16)17)12(18)6-3-8-1-2-8/h4-5,7-8H,1-3,6H2. The molecule has 1 aliphatic rings. The van der Waals surface area contributed by atoms with E-state index >= 15 is 0 Å². The molecule has 0 radical (unpaired) electrons. The zero-order valence-electron chi connectivity index (χ0n) is 9.56. The van der Waals surface area contributed by atoms with Crippen LogP contribution < -0.4 is 0 Å². The third-order valence-electron chi connectivity index (χ3n) is 3.07. The van der Waals surface area contributed by atoms with Gasteiger partial charge in [0, 0.05) is 16.5 Å². The zero-order valence-corrected chi connectivity index (χ0v) is 11.1. The van der Waals surface area contributed by atoms with Gasteiger partial charge >= 0.3 is 6.18 Å². The number of alkyl halides is 3. The van der Waals surface area contributed by atoms with E-state index in [2.05, 4.69) is 15.9 Å². The molecule has 0 N–H and O–H groups in total. The summed E-state index contributed by atoms with van der Waals surface area (Å²) in [5, 5.41) is 0. The highest BCUT2D eigenvalue weighted by atomic mass is 79.9. The molecule has 0 atom stereocenters. The van der Waals surface area contributed by atoms with Gasteiger partial charge < -0.3 is 0 Å². The molecule has 1 aliphatic carbocycles. The minimum Gasteiger partial charge on any atom is -0.294 e. The monoisotopic (exact) mass is 320 g/mol. The number of ketones is 1. The maximum absolute atomic E-state index is 12.7. The van der Waals surface area contributed by atoms with Gasteiger partial charge in [0.05, 0.1) is 5.56 Å². The number of hydrogen-bond acceptors (Lipinski definition) is 1. The third-order valence-corrected chi connectivity index (χ3v) is 3.76. The van der Waals surface area contributed by atoms with Gasteiger partial charge in [-0.15, -0.1) is 0 Å². The number of halogens is 4. The first-order chi connectivity index (χ1) is 8.38. The van der Waals surface area contributed by atoms with Gasteiger partial charge in [0.1, 0.15) is 0 Å². The molecule has 0 aliphatic heterocycles. The Kier molecular flexibility index (Phi) is 3.80. The smallest absolute Gasteiger partial charge is 0.294 e. The Labute approximate surface area is 112 Å². The highest BCUT2D eigenvalue weighted by Crippen LogP contribution is 2.36. The van der Waals surface area contributed by atoms with Crippen LogP contribution in [0.3, 0.4) is 0 Å². The zero-order chi connectivity index (χ0) is 13.3. The van der Waals surface area contributed by atoms with E-state index in [1.165, 1.54) is 12.1 Å². The van der Waals surface area contributed by atoms with Crippen molar-refractivity contribution in [3.8, 4) is 0 Å². The van der Waals surface area contributed by atoms with Gasteiger partial charge in [0.2, 0.25) is 0 Å². The first-order valence-corrected chi connectivity index (χ1v) is 6.57. The van der Waals surface area contributed by atoms with Gasteiger partial charge in [0.15, 0.2) is 5.78 Å². The van der Waals surface area contributed by atoms with Crippen LogP contribution in [0.4, 0.5) is 13.2 Å². The molecule has 0 amide bonds. The molecule has 0 unspecified atom stereocenters. The van der Waals surface area contributed by atoms with E-state index in [4.69, 9.17) is 0 Å². The molecule has 1 aromatic rings. The van der Waals surface area contributed by atoms with Crippen molar-refractivity contribution in [1.29, 1.82) is 0 Å². The minimum atomic E-state index is -4.44. The summed E-state index contributed by atoms with van der Waals surface area (Å²) < 4.78 is 38.0. The maximum atomic E-state index is 12.7. The van der Waals surface area contributed by atoms with Crippen LogP contribution in [0, 0.1) is 5.92 Å². The van der Waals surface area contributed by atoms with Crippen molar-refractivity contribution in [3.05, 3.63) is 33.8 Å². The fraction of sp³-hybridized carbons (Fsp3) is 0.462. The van der Waals surface area contributed by atoms with E-state index in [9.17, 15) is 18.0 Å². The van der Waals surface area contributed by atoms with Gasteiger partial charge in [-0.3, -0.25) is 4.79 Å². The largest absolute Gasteiger partial charge is 0.417 e. The number of hydrogen-bond donors (Lipinski definition) is 0. The molecule has 0 spiro atoms. The maximum Gasteiger partial charge on any atom is 0.417 e. The molecule has 18 heavy (non-hydrogen) atoms. The molecule has 1 nitrogen and oxygen atoms in total. The van der Waals surface area contributed by atoms with E-state index < -0.39 is 11.7 Å².